The number of rotatable bonds is 7. The van der Waals surface area contributed by atoms with E-state index in [9.17, 15) is 14.4 Å². The highest BCUT2D eigenvalue weighted by molar-refractivity contribution is 6.31. The summed E-state index contributed by atoms with van der Waals surface area (Å²) in [6, 6.07) is 15.8. The van der Waals surface area contributed by atoms with Gasteiger partial charge in [0.2, 0.25) is 5.91 Å². The van der Waals surface area contributed by atoms with E-state index < -0.39 is 0 Å². The number of fused-ring (bicyclic) bond motifs is 2. The van der Waals surface area contributed by atoms with Crippen LogP contribution in [0.4, 0.5) is 10.5 Å². The van der Waals surface area contributed by atoms with Crippen molar-refractivity contribution in [1.82, 2.24) is 19.3 Å². The molecule has 3 aliphatic heterocycles. The monoisotopic (exact) mass is 619 g/mol. The van der Waals surface area contributed by atoms with Gasteiger partial charge < -0.3 is 24.0 Å². The van der Waals surface area contributed by atoms with Crippen LogP contribution in [0.3, 0.4) is 0 Å². The first kappa shape index (κ1) is 30.5. The summed E-state index contributed by atoms with van der Waals surface area (Å²) in [7, 11) is 1.97. The number of aromatic nitrogens is 1. The summed E-state index contributed by atoms with van der Waals surface area (Å²) in [6.45, 7) is 9.58. The van der Waals surface area contributed by atoms with Crippen LogP contribution < -0.4 is 4.90 Å². The van der Waals surface area contributed by atoms with Crippen molar-refractivity contribution in [3.05, 3.63) is 64.8 Å². The minimum atomic E-state index is -0.369. The number of piperidine rings is 1. The van der Waals surface area contributed by atoms with Crippen LogP contribution in [-0.2, 0) is 16.6 Å². The highest BCUT2D eigenvalue weighted by Crippen LogP contribution is 2.33. The maximum Gasteiger partial charge on any atom is 0.414 e. The average Bonchev–Trinajstić information content (AvgIpc) is 3.68. The Hall–Kier alpha value is -3.56. The molecule has 0 saturated carbocycles. The molecule has 0 radical (unpaired) electrons. The van der Waals surface area contributed by atoms with Gasteiger partial charge in [0, 0.05) is 94.2 Å². The first-order chi connectivity index (χ1) is 21.2. The summed E-state index contributed by atoms with van der Waals surface area (Å²) in [4.78, 5) is 46.6. The molecule has 0 bridgehead atoms. The van der Waals surface area contributed by atoms with Crippen molar-refractivity contribution in [2.24, 2.45) is 18.9 Å². The topological polar surface area (TPSA) is 78.3 Å². The zero-order valence-electron chi connectivity index (χ0n) is 25.9. The standard InChI is InChI=1S/C34H42ClN5O4/c1-23-9-10-28(18-30(23)35)40(34(43)44-29-11-15-38(16-12-29)24(2)41)14-6-13-37-19-26-21-39(22-27(26)20-37)33(42)32-17-25-7-4-5-8-31(25)36(32)3/h4-5,7-10,17-18,26-27,29H,6,11-16,19-22H2,1-3H3. The average molecular weight is 620 g/mol. The zero-order valence-corrected chi connectivity index (χ0v) is 26.6. The van der Waals surface area contributed by atoms with E-state index in [1.54, 1.807) is 16.7 Å². The number of likely N-dealkylation sites (tertiary alicyclic amines) is 3. The van der Waals surface area contributed by atoms with E-state index in [2.05, 4.69) is 17.0 Å². The second-order valence-electron chi connectivity index (χ2n) is 12.7. The summed E-state index contributed by atoms with van der Waals surface area (Å²) in [6.07, 6.45) is 1.50. The second-order valence-corrected chi connectivity index (χ2v) is 13.1. The number of carbonyl (C=O) groups is 3. The fourth-order valence-corrected chi connectivity index (χ4v) is 7.29. The summed E-state index contributed by atoms with van der Waals surface area (Å²) >= 11 is 6.44. The third kappa shape index (κ3) is 6.31. The molecule has 2 aromatic carbocycles. The number of hydrogen-bond acceptors (Lipinski definition) is 5. The molecular formula is C34H42ClN5O4. The lowest BCUT2D eigenvalue weighted by molar-refractivity contribution is -0.130. The van der Waals surface area contributed by atoms with Gasteiger partial charge in [-0.2, -0.15) is 0 Å². The number of aryl methyl sites for hydroxylation is 2. The van der Waals surface area contributed by atoms with Gasteiger partial charge >= 0.3 is 6.09 Å². The third-order valence-corrected chi connectivity index (χ3v) is 10.1. The Morgan fingerprint density at radius 3 is 2.32 bits per heavy atom. The van der Waals surface area contributed by atoms with Crippen molar-refractivity contribution in [2.45, 2.75) is 39.2 Å². The number of hydrogen-bond donors (Lipinski definition) is 0. The summed E-state index contributed by atoms with van der Waals surface area (Å²) in [5.74, 6) is 1.10. The maximum atomic E-state index is 13.4. The minimum Gasteiger partial charge on any atom is -0.446 e. The predicted octanol–water partition coefficient (Wildman–Crippen LogP) is 5.19. The lowest BCUT2D eigenvalue weighted by atomic mass is 10.0. The van der Waals surface area contributed by atoms with Crippen LogP contribution in [0.2, 0.25) is 5.02 Å². The number of nitrogens with zero attached hydrogens (tertiary/aromatic N) is 5. The van der Waals surface area contributed by atoms with Crippen molar-refractivity contribution in [1.29, 1.82) is 0 Å². The molecule has 0 spiro atoms. The molecule has 6 rings (SSSR count). The first-order valence-electron chi connectivity index (χ1n) is 15.7. The number of amides is 3. The zero-order chi connectivity index (χ0) is 31.0. The SMILES string of the molecule is CC(=O)N1CCC(OC(=O)N(CCCN2CC3CN(C(=O)c4cc5ccccc5n4C)CC3C2)c2ccc(C)c(Cl)c2)CC1. The number of para-hydroxylation sites is 1. The molecule has 3 fully saturated rings. The Bertz CT molecular complexity index is 1530. The van der Waals surface area contributed by atoms with Gasteiger partial charge in [0.1, 0.15) is 11.8 Å². The van der Waals surface area contributed by atoms with Gasteiger partial charge in [-0.25, -0.2) is 4.79 Å². The fraction of sp³-hybridized carbons (Fsp3) is 0.500. The quantitative estimate of drug-likeness (QED) is 0.364. The molecule has 4 heterocycles. The van der Waals surface area contributed by atoms with Crippen LogP contribution in [0.5, 0.6) is 0 Å². The third-order valence-electron chi connectivity index (χ3n) is 9.72. The summed E-state index contributed by atoms with van der Waals surface area (Å²) in [5.41, 5.74) is 3.51. The molecule has 3 aromatic rings. The highest BCUT2D eigenvalue weighted by Gasteiger charge is 2.42. The molecular weight excluding hydrogens is 578 g/mol. The van der Waals surface area contributed by atoms with Crippen molar-refractivity contribution >= 4 is 46.1 Å². The summed E-state index contributed by atoms with van der Waals surface area (Å²) in [5, 5.41) is 1.71. The molecule has 10 heteroatoms. The Labute approximate surface area is 264 Å². The van der Waals surface area contributed by atoms with Gasteiger partial charge in [0.15, 0.2) is 0 Å². The molecule has 234 valence electrons. The minimum absolute atomic E-state index is 0.0563. The second kappa shape index (κ2) is 12.8. The molecule has 2 unspecified atom stereocenters. The van der Waals surface area contributed by atoms with E-state index in [-0.39, 0.29) is 24.0 Å². The lowest BCUT2D eigenvalue weighted by Crippen LogP contribution is -2.43. The Morgan fingerprint density at radius 1 is 0.955 bits per heavy atom. The largest absolute Gasteiger partial charge is 0.446 e. The molecule has 9 nitrogen and oxygen atoms in total. The number of carbonyl (C=O) groups excluding carboxylic acids is 3. The lowest BCUT2D eigenvalue weighted by Gasteiger charge is -2.32. The molecule has 0 aliphatic carbocycles. The molecule has 3 aliphatic rings. The molecule has 0 N–H and O–H groups in total. The molecule has 3 saturated heterocycles. The smallest absolute Gasteiger partial charge is 0.414 e. The molecule has 44 heavy (non-hydrogen) atoms. The van der Waals surface area contributed by atoms with E-state index >= 15 is 0 Å². The van der Waals surface area contributed by atoms with E-state index in [1.807, 2.05) is 59.8 Å². The first-order valence-corrected chi connectivity index (χ1v) is 16.1. The van der Waals surface area contributed by atoms with Crippen LogP contribution in [0, 0.1) is 18.8 Å². The summed E-state index contributed by atoms with van der Waals surface area (Å²) < 4.78 is 7.95. The van der Waals surface area contributed by atoms with E-state index in [1.165, 1.54) is 0 Å². The van der Waals surface area contributed by atoms with Gasteiger partial charge in [-0.15, -0.1) is 0 Å². The normalized spacial score (nSPS) is 20.7. The Morgan fingerprint density at radius 2 is 1.66 bits per heavy atom. The Kier molecular flexibility index (Phi) is 8.87. The van der Waals surface area contributed by atoms with Crippen molar-refractivity contribution in [2.75, 3.05) is 57.3 Å². The van der Waals surface area contributed by atoms with Gasteiger partial charge in [-0.3, -0.25) is 14.5 Å². The van der Waals surface area contributed by atoms with E-state index in [4.69, 9.17) is 16.3 Å². The van der Waals surface area contributed by atoms with Crippen LogP contribution in [0.1, 0.15) is 42.2 Å². The number of halogens is 1. The van der Waals surface area contributed by atoms with Gasteiger partial charge in [-0.05, 0) is 61.6 Å². The van der Waals surface area contributed by atoms with Crippen molar-refractivity contribution in [3.8, 4) is 0 Å². The van der Waals surface area contributed by atoms with E-state index in [0.29, 0.717) is 49.3 Å². The number of ether oxygens (including phenoxy) is 1. The van der Waals surface area contributed by atoms with Crippen LogP contribution in [-0.4, -0.2) is 95.6 Å². The van der Waals surface area contributed by atoms with E-state index in [0.717, 1.165) is 67.0 Å². The van der Waals surface area contributed by atoms with Crippen molar-refractivity contribution < 1.29 is 19.1 Å². The van der Waals surface area contributed by atoms with Gasteiger partial charge in [0.25, 0.3) is 5.91 Å². The Balaban J connectivity index is 1.03. The van der Waals surface area contributed by atoms with Crippen LogP contribution in [0.25, 0.3) is 10.9 Å². The van der Waals surface area contributed by atoms with Crippen LogP contribution >= 0.6 is 11.6 Å². The van der Waals surface area contributed by atoms with Crippen molar-refractivity contribution in [3.63, 3.8) is 0 Å². The maximum absolute atomic E-state index is 13.4. The molecule has 2 atom stereocenters. The molecule has 1 aromatic heterocycles. The number of benzene rings is 2. The molecule has 3 amide bonds. The fourth-order valence-electron chi connectivity index (χ4n) is 7.12. The van der Waals surface area contributed by atoms with Gasteiger partial charge in [-0.1, -0.05) is 35.9 Å². The highest BCUT2D eigenvalue weighted by atomic mass is 35.5. The van der Waals surface area contributed by atoms with Gasteiger partial charge in [0.05, 0.1) is 0 Å². The van der Waals surface area contributed by atoms with Crippen LogP contribution in [0.15, 0.2) is 48.5 Å². The number of anilines is 1. The predicted molar refractivity (Wildman–Crippen MR) is 172 cm³/mol.